The number of halogens is 1. The van der Waals surface area contributed by atoms with E-state index in [0.29, 0.717) is 23.6 Å². The van der Waals surface area contributed by atoms with Crippen molar-refractivity contribution >= 4 is 27.5 Å². The van der Waals surface area contributed by atoms with Crippen molar-refractivity contribution in [3.63, 3.8) is 0 Å². The molecular weight excluding hydrogens is 531 g/mol. The van der Waals surface area contributed by atoms with Crippen molar-refractivity contribution in [2.24, 2.45) is 0 Å². The molecule has 1 saturated heterocycles. The molecule has 0 atom stereocenters. The van der Waals surface area contributed by atoms with Crippen molar-refractivity contribution in [2.45, 2.75) is 12.8 Å². The maximum Gasteiger partial charge on any atom is 0.127 e. The van der Waals surface area contributed by atoms with Crippen LogP contribution in [0.5, 0.6) is 5.75 Å². The van der Waals surface area contributed by atoms with E-state index >= 15 is 0 Å². The van der Waals surface area contributed by atoms with E-state index in [1.165, 1.54) is 25.0 Å². The molecule has 5 aromatic heterocycles. The van der Waals surface area contributed by atoms with Crippen LogP contribution in [0.2, 0.25) is 0 Å². The van der Waals surface area contributed by atoms with Crippen molar-refractivity contribution in [1.82, 2.24) is 35.0 Å². The molecule has 0 saturated carbocycles. The van der Waals surface area contributed by atoms with Crippen LogP contribution in [0.4, 0.5) is 10.1 Å². The molecule has 0 bridgehead atoms. The number of anilines is 1. The van der Waals surface area contributed by atoms with Crippen molar-refractivity contribution in [3.05, 3.63) is 73.1 Å². The summed E-state index contributed by atoms with van der Waals surface area (Å²) in [5, 5.41) is 9.51. The summed E-state index contributed by atoms with van der Waals surface area (Å²) in [7, 11) is 3.97. The van der Waals surface area contributed by atoms with Crippen molar-refractivity contribution < 1.29 is 9.13 Å². The minimum absolute atomic E-state index is 0.357. The highest BCUT2D eigenvalue weighted by molar-refractivity contribution is 6.00. The number of hydrogen-bond acceptors (Lipinski definition) is 7. The zero-order chi connectivity index (χ0) is 28.6. The molecule has 0 aliphatic carbocycles. The molecule has 0 unspecified atom stereocenters. The maximum atomic E-state index is 14.7. The smallest absolute Gasteiger partial charge is 0.127 e. The van der Waals surface area contributed by atoms with Crippen LogP contribution in [0, 0.1) is 5.82 Å². The van der Waals surface area contributed by atoms with Crippen LogP contribution in [0.3, 0.4) is 0 Å². The number of hydrogen-bond donors (Lipinski definition) is 2. The number of nitrogens with one attached hydrogen (secondary N) is 2. The Morgan fingerprint density at radius 1 is 0.905 bits per heavy atom. The van der Waals surface area contributed by atoms with Crippen LogP contribution >= 0.6 is 0 Å². The van der Waals surface area contributed by atoms with Gasteiger partial charge in [-0.15, -0.1) is 0 Å². The van der Waals surface area contributed by atoms with E-state index in [2.05, 4.69) is 41.1 Å². The molecule has 1 aliphatic rings. The Labute approximate surface area is 242 Å². The molecule has 10 heteroatoms. The third kappa shape index (κ3) is 5.05. The summed E-state index contributed by atoms with van der Waals surface area (Å²) in [5.74, 6) is 0.147. The monoisotopic (exact) mass is 562 g/mol. The predicted octanol–water partition coefficient (Wildman–Crippen LogP) is 5.91. The van der Waals surface area contributed by atoms with E-state index in [9.17, 15) is 4.39 Å². The first-order valence-corrected chi connectivity index (χ1v) is 14.1. The average Bonchev–Trinajstić information content (AvgIpc) is 3.76. The van der Waals surface area contributed by atoms with Gasteiger partial charge in [-0.2, -0.15) is 5.10 Å². The van der Waals surface area contributed by atoms with Crippen molar-refractivity contribution in [2.75, 3.05) is 45.2 Å². The molecule has 7 rings (SSSR count). The highest BCUT2D eigenvalue weighted by Crippen LogP contribution is 2.35. The largest absolute Gasteiger partial charge is 0.492 e. The number of benzene rings is 1. The molecule has 0 amide bonds. The van der Waals surface area contributed by atoms with Crippen LogP contribution < -0.4 is 9.64 Å². The summed E-state index contributed by atoms with van der Waals surface area (Å²) in [6.07, 6.45) is 9.61. The fourth-order valence-corrected chi connectivity index (χ4v) is 5.59. The number of likely N-dealkylation sites (tertiary alicyclic amines) is 1. The van der Waals surface area contributed by atoms with Crippen LogP contribution in [-0.2, 0) is 0 Å². The van der Waals surface area contributed by atoms with Crippen LogP contribution in [-0.4, -0.2) is 75.4 Å². The predicted molar refractivity (Wildman–Crippen MR) is 163 cm³/mol. The SMILES string of the molecule is CN(C)c1cncc(-c2cc3c(-c4cc5c(-c6cc(F)cc(OCCN7CCCC7)c6)nccc5[nH]4)n[nH]c3cn2)c1. The first-order chi connectivity index (χ1) is 20.5. The van der Waals surface area contributed by atoms with Gasteiger partial charge in [0.1, 0.15) is 23.9 Å². The van der Waals surface area contributed by atoms with Gasteiger partial charge in [0, 0.05) is 66.5 Å². The zero-order valence-electron chi connectivity index (χ0n) is 23.6. The standard InChI is InChI=1S/C32H31FN8O/c1-40(2)23-12-21(17-34-18-23)28-15-26-30(19-36-28)38-39-32(26)29-16-25-27(37-29)5-6-35-31(25)20-11-22(33)14-24(13-20)42-10-9-41-7-3-4-8-41/h5-6,11-19,37H,3-4,7-10H2,1-2H3,(H,38,39). The number of nitrogens with zero attached hydrogens (tertiary/aromatic N) is 6. The Morgan fingerprint density at radius 2 is 1.76 bits per heavy atom. The fourth-order valence-electron chi connectivity index (χ4n) is 5.59. The quantitative estimate of drug-likeness (QED) is 0.238. The molecule has 6 aromatic rings. The van der Waals surface area contributed by atoms with Gasteiger partial charge in [-0.1, -0.05) is 0 Å². The molecule has 1 aliphatic heterocycles. The Kier molecular flexibility index (Phi) is 6.75. The van der Waals surface area contributed by atoms with Gasteiger partial charge >= 0.3 is 0 Å². The highest BCUT2D eigenvalue weighted by atomic mass is 19.1. The molecular formula is C32H31FN8O. The van der Waals surface area contributed by atoms with Crippen molar-refractivity contribution in [3.8, 4) is 39.7 Å². The highest BCUT2D eigenvalue weighted by Gasteiger charge is 2.17. The third-order valence-electron chi connectivity index (χ3n) is 7.81. The summed E-state index contributed by atoms with van der Waals surface area (Å²) in [6, 6.07) is 12.8. The molecule has 1 fully saturated rings. The van der Waals surface area contributed by atoms with Gasteiger partial charge in [0.15, 0.2) is 0 Å². The van der Waals surface area contributed by atoms with E-state index in [0.717, 1.165) is 69.8 Å². The average molecular weight is 563 g/mol. The maximum absolute atomic E-state index is 14.7. The van der Waals surface area contributed by atoms with Crippen LogP contribution in [0.1, 0.15) is 12.8 Å². The lowest BCUT2D eigenvalue weighted by Gasteiger charge is -2.15. The Morgan fingerprint density at radius 3 is 2.62 bits per heavy atom. The van der Waals surface area contributed by atoms with E-state index in [1.807, 2.05) is 55.7 Å². The molecule has 42 heavy (non-hydrogen) atoms. The van der Waals surface area contributed by atoms with Crippen molar-refractivity contribution in [1.29, 1.82) is 0 Å². The molecule has 212 valence electrons. The Hall–Kier alpha value is -4.83. The Bertz CT molecular complexity index is 1890. The summed E-state index contributed by atoms with van der Waals surface area (Å²) in [6.45, 7) is 3.56. The third-order valence-corrected chi connectivity index (χ3v) is 7.81. The minimum atomic E-state index is -0.357. The molecule has 1 aromatic carbocycles. The minimum Gasteiger partial charge on any atom is -0.492 e. The number of fused-ring (bicyclic) bond motifs is 2. The first kappa shape index (κ1) is 26.1. The first-order valence-electron chi connectivity index (χ1n) is 14.1. The second kappa shape index (κ2) is 10.9. The van der Waals surface area contributed by atoms with Gasteiger partial charge in [0.2, 0.25) is 0 Å². The van der Waals surface area contributed by atoms with Gasteiger partial charge in [-0.05, 0) is 62.3 Å². The molecule has 9 nitrogen and oxygen atoms in total. The van der Waals surface area contributed by atoms with Gasteiger partial charge < -0.3 is 14.6 Å². The molecule has 2 N–H and O–H groups in total. The molecule has 0 spiro atoms. The number of H-pyrrole nitrogens is 2. The second-order valence-corrected chi connectivity index (χ2v) is 10.9. The summed E-state index contributed by atoms with van der Waals surface area (Å²) in [5.41, 5.74) is 7.34. The van der Waals surface area contributed by atoms with E-state index in [4.69, 9.17) is 4.74 Å². The molecule has 6 heterocycles. The summed E-state index contributed by atoms with van der Waals surface area (Å²) in [4.78, 5) is 21.5. The lowest BCUT2D eigenvalue weighted by atomic mass is 10.1. The van der Waals surface area contributed by atoms with Gasteiger partial charge in [-0.3, -0.25) is 25.0 Å². The second-order valence-electron chi connectivity index (χ2n) is 10.9. The van der Waals surface area contributed by atoms with Gasteiger partial charge in [0.05, 0.1) is 40.7 Å². The fraction of sp³-hybridized carbons (Fsp3) is 0.250. The molecule has 0 radical (unpaired) electrons. The topological polar surface area (TPSA) is 98.9 Å². The van der Waals surface area contributed by atoms with Crippen LogP contribution in [0.15, 0.2) is 67.3 Å². The van der Waals surface area contributed by atoms with Gasteiger partial charge in [0.25, 0.3) is 0 Å². The lowest BCUT2D eigenvalue weighted by Crippen LogP contribution is -2.25. The number of aromatic nitrogens is 6. The lowest BCUT2D eigenvalue weighted by molar-refractivity contribution is 0.237. The normalized spacial score (nSPS) is 13.8. The van der Waals surface area contributed by atoms with E-state index in [1.54, 1.807) is 12.4 Å². The number of rotatable bonds is 8. The number of ether oxygens (including phenoxy) is 1. The summed E-state index contributed by atoms with van der Waals surface area (Å²) < 4.78 is 20.7. The van der Waals surface area contributed by atoms with E-state index < -0.39 is 0 Å². The Balaban J connectivity index is 1.22. The van der Waals surface area contributed by atoms with Gasteiger partial charge in [-0.25, -0.2) is 4.39 Å². The zero-order valence-corrected chi connectivity index (χ0v) is 23.6. The van der Waals surface area contributed by atoms with Crippen LogP contribution in [0.25, 0.3) is 55.7 Å². The van der Waals surface area contributed by atoms with E-state index in [-0.39, 0.29) is 5.82 Å². The number of aromatic amines is 2. The number of pyridine rings is 3. The summed E-state index contributed by atoms with van der Waals surface area (Å²) >= 11 is 0.